The molecular weight excluding hydrogens is 248 g/mol. The van der Waals surface area contributed by atoms with Gasteiger partial charge in [-0.3, -0.25) is 0 Å². The quantitative estimate of drug-likeness (QED) is 0.923. The predicted molar refractivity (Wildman–Crippen MR) is 83.0 cm³/mol. The van der Waals surface area contributed by atoms with Gasteiger partial charge in [0.2, 0.25) is 0 Å². The van der Waals surface area contributed by atoms with Crippen molar-refractivity contribution in [1.29, 1.82) is 0 Å². The maximum atomic E-state index is 5.69. The molecule has 3 rings (SSSR count). The van der Waals surface area contributed by atoms with Crippen LogP contribution in [0.15, 0.2) is 48.7 Å². The summed E-state index contributed by atoms with van der Waals surface area (Å²) in [6.45, 7) is 4.61. The number of pyridine rings is 1. The third-order valence-corrected chi connectivity index (χ3v) is 3.77. The zero-order chi connectivity index (χ0) is 13.8. The first-order valence-electron chi connectivity index (χ1n) is 7.07. The summed E-state index contributed by atoms with van der Waals surface area (Å²) in [6.07, 6.45) is 1.85. The van der Waals surface area contributed by atoms with E-state index in [4.69, 9.17) is 5.73 Å². The summed E-state index contributed by atoms with van der Waals surface area (Å²) in [7, 11) is 0. The number of piperazine rings is 1. The van der Waals surface area contributed by atoms with E-state index in [0.717, 1.165) is 37.6 Å². The molecule has 1 saturated heterocycles. The van der Waals surface area contributed by atoms with E-state index in [1.165, 1.54) is 5.69 Å². The Kier molecular flexibility index (Phi) is 3.83. The highest BCUT2D eigenvalue weighted by atomic mass is 15.3. The van der Waals surface area contributed by atoms with Crippen LogP contribution in [-0.2, 0) is 6.54 Å². The van der Waals surface area contributed by atoms with Gasteiger partial charge in [-0.1, -0.05) is 18.2 Å². The Labute approximate surface area is 119 Å². The van der Waals surface area contributed by atoms with Gasteiger partial charge >= 0.3 is 0 Å². The van der Waals surface area contributed by atoms with Gasteiger partial charge in [0.25, 0.3) is 0 Å². The molecule has 4 heteroatoms. The molecule has 0 amide bonds. The molecular formula is C16H20N4. The largest absolute Gasteiger partial charge is 0.368 e. The normalized spacial score (nSPS) is 15.4. The molecule has 0 aliphatic carbocycles. The number of para-hydroxylation sites is 1. The van der Waals surface area contributed by atoms with E-state index in [1.54, 1.807) is 0 Å². The molecule has 0 saturated carbocycles. The van der Waals surface area contributed by atoms with E-state index in [9.17, 15) is 0 Å². The van der Waals surface area contributed by atoms with Crippen molar-refractivity contribution in [3.63, 3.8) is 0 Å². The fourth-order valence-electron chi connectivity index (χ4n) is 2.59. The summed E-state index contributed by atoms with van der Waals surface area (Å²) in [5, 5.41) is 0. The molecule has 0 radical (unpaired) electrons. The van der Waals surface area contributed by atoms with Crippen molar-refractivity contribution in [2.45, 2.75) is 6.54 Å². The van der Waals surface area contributed by atoms with Crippen LogP contribution in [0.25, 0.3) is 0 Å². The van der Waals surface area contributed by atoms with Crippen LogP contribution in [0.3, 0.4) is 0 Å². The highest BCUT2D eigenvalue weighted by molar-refractivity contribution is 5.49. The van der Waals surface area contributed by atoms with E-state index in [2.05, 4.69) is 51.2 Å². The van der Waals surface area contributed by atoms with Gasteiger partial charge in [0.1, 0.15) is 5.82 Å². The molecule has 1 aliphatic heterocycles. The molecule has 0 unspecified atom stereocenters. The number of nitrogens with two attached hydrogens (primary N) is 1. The molecule has 2 heterocycles. The second kappa shape index (κ2) is 5.92. The summed E-state index contributed by atoms with van der Waals surface area (Å²) < 4.78 is 0. The van der Waals surface area contributed by atoms with Gasteiger partial charge < -0.3 is 15.5 Å². The van der Waals surface area contributed by atoms with Crippen LogP contribution in [-0.4, -0.2) is 31.2 Å². The number of hydrogen-bond acceptors (Lipinski definition) is 4. The number of nitrogens with zero attached hydrogens (tertiary/aromatic N) is 3. The lowest BCUT2D eigenvalue weighted by Crippen LogP contribution is -2.46. The first kappa shape index (κ1) is 12.9. The maximum Gasteiger partial charge on any atom is 0.128 e. The SMILES string of the molecule is NCc1ccnc(N2CCN(c3ccccc3)CC2)c1. The fraction of sp³-hybridized carbons (Fsp3) is 0.312. The van der Waals surface area contributed by atoms with E-state index in [0.29, 0.717) is 6.54 Å². The van der Waals surface area contributed by atoms with Crippen LogP contribution >= 0.6 is 0 Å². The maximum absolute atomic E-state index is 5.69. The lowest BCUT2D eigenvalue weighted by atomic mass is 10.2. The molecule has 1 aromatic carbocycles. The Balaban J connectivity index is 1.66. The van der Waals surface area contributed by atoms with E-state index >= 15 is 0 Å². The number of aromatic nitrogens is 1. The average Bonchev–Trinajstić information content (AvgIpc) is 2.56. The summed E-state index contributed by atoms with van der Waals surface area (Å²) in [5.74, 6) is 1.04. The molecule has 1 fully saturated rings. The van der Waals surface area contributed by atoms with Gasteiger partial charge in [0, 0.05) is 44.6 Å². The third kappa shape index (κ3) is 2.75. The van der Waals surface area contributed by atoms with Crippen molar-refractivity contribution in [2.75, 3.05) is 36.0 Å². The number of rotatable bonds is 3. The summed E-state index contributed by atoms with van der Waals surface area (Å²) in [5.41, 5.74) is 8.13. The van der Waals surface area contributed by atoms with E-state index < -0.39 is 0 Å². The molecule has 0 spiro atoms. The van der Waals surface area contributed by atoms with Gasteiger partial charge in [-0.2, -0.15) is 0 Å². The molecule has 1 aromatic heterocycles. The van der Waals surface area contributed by atoms with Crippen molar-refractivity contribution >= 4 is 11.5 Å². The smallest absolute Gasteiger partial charge is 0.128 e. The highest BCUT2D eigenvalue weighted by Gasteiger charge is 2.18. The van der Waals surface area contributed by atoms with Crippen LogP contribution in [0.5, 0.6) is 0 Å². The lowest BCUT2D eigenvalue weighted by molar-refractivity contribution is 0.647. The van der Waals surface area contributed by atoms with Crippen LogP contribution < -0.4 is 15.5 Å². The van der Waals surface area contributed by atoms with E-state index in [1.807, 2.05) is 12.3 Å². The number of benzene rings is 1. The number of anilines is 2. The van der Waals surface area contributed by atoms with Crippen LogP contribution in [0, 0.1) is 0 Å². The molecule has 0 bridgehead atoms. The molecule has 104 valence electrons. The standard InChI is InChI=1S/C16H20N4/c17-13-14-6-7-18-16(12-14)20-10-8-19(9-11-20)15-4-2-1-3-5-15/h1-7,12H,8-11,13,17H2. The second-order valence-electron chi connectivity index (χ2n) is 5.04. The first-order chi connectivity index (χ1) is 9.86. The lowest BCUT2D eigenvalue weighted by Gasteiger charge is -2.36. The van der Waals surface area contributed by atoms with Crippen LogP contribution in [0.2, 0.25) is 0 Å². The van der Waals surface area contributed by atoms with Gasteiger partial charge in [0.15, 0.2) is 0 Å². The topological polar surface area (TPSA) is 45.4 Å². The summed E-state index contributed by atoms with van der Waals surface area (Å²) in [6, 6.07) is 14.7. The van der Waals surface area contributed by atoms with Crippen molar-refractivity contribution < 1.29 is 0 Å². The minimum absolute atomic E-state index is 0.569. The van der Waals surface area contributed by atoms with Crippen LogP contribution in [0.1, 0.15) is 5.56 Å². The van der Waals surface area contributed by atoms with Crippen molar-refractivity contribution in [1.82, 2.24) is 4.98 Å². The van der Waals surface area contributed by atoms with Crippen LogP contribution in [0.4, 0.5) is 11.5 Å². The zero-order valence-corrected chi connectivity index (χ0v) is 11.6. The highest BCUT2D eigenvalue weighted by Crippen LogP contribution is 2.19. The average molecular weight is 268 g/mol. The van der Waals surface area contributed by atoms with Crippen molar-refractivity contribution in [2.24, 2.45) is 5.73 Å². The third-order valence-electron chi connectivity index (χ3n) is 3.77. The van der Waals surface area contributed by atoms with Crippen molar-refractivity contribution in [3.05, 3.63) is 54.2 Å². The molecule has 2 N–H and O–H groups in total. The Bertz CT molecular complexity index is 547. The predicted octanol–water partition coefficient (Wildman–Crippen LogP) is 1.87. The molecule has 20 heavy (non-hydrogen) atoms. The Morgan fingerprint density at radius 1 is 0.950 bits per heavy atom. The number of hydrogen-bond donors (Lipinski definition) is 1. The summed E-state index contributed by atoms with van der Waals surface area (Å²) in [4.78, 5) is 9.21. The fourth-order valence-corrected chi connectivity index (χ4v) is 2.59. The summed E-state index contributed by atoms with van der Waals surface area (Å²) >= 11 is 0. The van der Waals surface area contributed by atoms with Gasteiger partial charge in [-0.25, -0.2) is 4.98 Å². The monoisotopic (exact) mass is 268 g/mol. The zero-order valence-electron chi connectivity index (χ0n) is 11.6. The Morgan fingerprint density at radius 3 is 2.35 bits per heavy atom. The minimum atomic E-state index is 0.569. The van der Waals surface area contributed by atoms with Gasteiger partial charge in [0.05, 0.1) is 0 Å². The van der Waals surface area contributed by atoms with Gasteiger partial charge in [-0.15, -0.1) is 0 Å². The Morgan fingerprint density at radius 2 is 1.65 bits per heavy atom. The van der Waals surface area contributed by atoms with Gasteiger partial charge in [-0.05, 0) is 29.8 Å². The minimum Gasteiger partial charge on any atom is -0.368 e. The molecule has 4 nitrogen and oxygen atoms in total. The van der Waals surface area contributed by atoms with E-state index in [-0.39, 0.29) is 0 Å². The molecule has 1 aliphatic rings. The molecule has 0 atom stereocenters. The Hall–Kier alpha value is -2.07. The van der Waals surface area contributed by atoms with Crippen molar-refractivity contribution in [3.8, 4) is 0 Å². The second-order valence-corrected chi connectivity index (χ2v) is 5.04. The molecule has 2 aromatic rings. The first-order valence-corrected chi connectivity index (χ1v) is 7.07.